The highest BCUT2D eigenvalue weighted by atomic mass is 16.3. The van der Waals surface area contributed by atoms with Crippen LogP contribution in [0.3, 0.4) is 0 Å². The molecule has 0 aromatic rings. The number of likely N-dealkylation sites (N-methyl/N-ethyl adjacent to an activating group) is 1. The summed E-state index contributed by atoms with van der Waals surface area (Å²) in [5.41, 5.74) is 0.204. The van der Waals surface area contributed by atoms with Crippen LogP contribution in [0.2, 0.25) is 0 Å². The second-order valence-corrected chi connectivity index (χ2v) is 6.19. The van der Waals surface area contributed by atoms with E-state index in [0.717, 1.165) is 13.1 Å². The van der Waals surface area contributed by atoms with Crippen molar-refractivity contribution in [2.75, 3.05) is 26.7 Å². The molecule has 3 nitrogen and oxygen atoms in total. The SMILES string of the molecule is CN1CC(CO)N(C2CCCC2)C(C)(C)C1. The van der Waals surface area contributed by atoms with Gasteiger partial charge in [-0.25, -0.2) is 0 Å². The predicted molar refractivity (Wildman–Crippen MR) is 66.5 cm³/mol. The summed E-state index contributed by atoms with van der Waals surface area (Å²) >= 11 is 0. The molecule has 94 valence electrons. The molecule has 1 N–H and O–H groups in total. The standard InChI is InChI=1S/C13H26N2O/c1-13(2)10-14(3)8-12(9-16)15(13)11-6-4-5-7-11/h11-12,16H,4-10H2,1-3H3. The van der Waals surface area contributed by atoms with Gasteiger partial charge in [0.25, 0.3) is 0 Å². The van der Waals surface area contributed by atoms with Crippen LogP contribution in [0.4, 0.5) is 0 Å². The van der Waals surface area contributed by atoms with Gasteiger partial charge in [0, 0.05) is 30.7 Å². The lowest BCUT2D eigenvalue weighted by Gasteiger charge is -2.53. The second-order valence-electron chi connectivity index (χ2n) is 6.19. The molecule has 1 aliphatic heterocycles. The Morgan fingerprint density at radius 2 is 1.88 bits per heavy atom. The first-order chi connectivity index (χ1) is 7.54. The molecule has 0 aromatic carbocycles. The van der Waals surface area contributed by atoms with Gasteiger partial charge in [-0.15, -0.1) is 0 Å². The summed E-state index contributed by atoms with van der Waals surface area (Å²) < 4.78 is 0. The smallest absolute Gasteiger partial charge is 0.0599 e. The molecule has 0 bridgehead atoms. The Labute approximate surface area is 99.4 Å². The van der Waals surface area contributed by atoms with Crippen molar-refractivity contribution in [2.24, 2.45) is 0 Å². The first kappa shape index (κ1) is 12.3. The number of nitrogens with zero attached hydrogens (tertiary/aromatic N) is 2. The van der Waals surface area contributed by atoms with Crippen molar-refractivity contribution in [1.82, 2.24) is 9.80 Å². The van der Waals surface area contributed by atoms with Crippen molar-refractivity contribution in [1.29, 1.82) is 0 Å². The number of aliphatic hydroxyl groups excluding tert-OH is 1. The van der Waals surface area contributed by atoms with Crippen LogP contribution in [0, 0.1) is 0 Å². The molecule has 1 heterocycles. The molecule has 1 saturated carbocycles. The maximum atomic E-state index is 9.60. The quantitative estimate of drug-likeness (QED) is 0.769. The van der Waals surface area contributed by atoms with E-state index in [1.165, 1.54) is 25.7 Å². The number of aliphatic hydroxyl groups is 1. The molecule has 3 heteroatoms. The molecule has 1 saturated heterocycles. The van der Waals surface area contributed by atoms with E-state index in [1.54, 1.807) is 0 Å². The number of hydrogen-bond donors (Lipinski definition) is 1. The van der Waals surface area contributed by atoms with Gasteiger partial charge in [0.1, 0.15) is 0 Å². The lowest BCUT2D eigenvalue weighted by molar-refractivity contribution is -0.0621. The van der Waals surface area contributed by atoms with E-state index in [2.05, 4.69) is 30.7 Å². The van der Waals surface area contributed by atoms with Crippen LogP contribution in [0.1, 0.15) is 39.5 Å². The van der Waals surface area contributed by atoms with Gasteiger partial charge in [-0.3, -0.25) is 4.90 Å². The fourth-order valence-electron chi connectivity index (χ4n) is 3.87. The van der Waals surface area contributed by atoms with Crippen molar-refractivity contribution in [3.05, 3.63) is 0 Å². The minimum Gasteiger partial charge on any atom is -0.395 e. The zero-order valence-corrected chi connectivity index (χ0v) is 10.9. The van der Waals surface area contributed by atoms with Gasteiger partial charge in [0.2, 0.25) is 0 Å². The third-order valence-electron chi connectivity index (χ3n) is 4.20. The highest BCUT2D eigenvalue weighted by Gasteiger charge is 2.42. The zero-order valence-electron chi connectivity index (χ0n) is 10.9. The molecular formula is C13H26N2O. The molecule has 1 unspecified atom stereocenters. The third kappa shape index (κ3) is 2.27. The summed E-state index contributed by atoms with van der Waals surface area (Å²) in [4.78, 5) is 4.96. The molecule has 1 aliphatic carbocycles. The molecule has 2 fully saturated rings. The van der Waals surface area contributed by atoms with Crippen LogP contribution in [-0.4, -0.2) is 59.3 Å². The van der Waals surface area contributed by atoms with Crippen LogP contribution in [0.5, 0.6) is 0 Å². The van der Waals surface area contributed by atoms with E-state index in [-0.39, 0.29) is 5.54 Å². The molecule has 0 aromatic heterocycles. The normalized spacial score (nSPS) is 33.4. The van der Waals surface area contributed by atoms with Gasteiger partial charge in [-0.1, -0.05) is 12.8 Å². The number of hydrogen-bond acceptors (Lipinski definition) is 3. The molecule has 2 aliphatic rings. The Balaban J connectivity index is 2.15. The lowest BCUT2D eigenvalue weighted by atomic mass is 9.92. The van der Waals surface area contributed by atoms with Gasteiger partial charge in [0.05, 0.1) is 6.61 Å². The predicted octanol–water partition coefficient (Wildman–Crippen LogP) is 1.32. The monoisotopic (exact) mass is 226 g/mol. The van der Waals surface area contributed by atoms with E-state index in [0.29, 0.717) is 18.7 Å². The van der Waals surface area contributed by atoms with Crippen LogP contribution in [0.15, 0.2) is 0 Å². The average molecular weight is 226 g/mol. The lowest BCUT2D eigenvalue weighted by Crippen LogP contribution is -2.66. The Kier molecular flexibility index (Phi) is 3.57. The summed E-state index contributed by atoms with van der Waals surface area (Å²) in [5.74, 6) is 0. The Morgan fingerprint density at radius 3 is 2.44 bits per heavy atom. The highest BCUT2D eigenvalue weighted by molar-refractivity contribution is 4.98. The molecule has 0 spiro atoms. The number of rotatable bonds is 2. The largest absolute Gasteiger partial charge is 0.395 e. The van der Waals surface area contributed by atoms with E-state index in [9.17, 15) is 5.11 Å². The van der Waals surface area contributed by atoms with Crippen molar-refractivity contribution in [2.45, 2.75) is 57.2 Å². The van der Waals surface area contributed by atoms with E-state index >= 15 is 0 Å². The van der Waals surface area contributed by atoms with Crippen LogP contribution >= 0.6 is 0 Å². The topological polar surface area (TPSA) is 26.7 Å². The van der Waals surface area contributed by atoms with Crippen LogP contribution in [-0.2, 0) is 0 Å². The second kappa shape index (κ2) is 4.63. The maximum Gasteiger partial charge on any atom is 0.0599 e. The van der Waals surface area contributed by atoms with Gasteiger partial charge in [0.15, 0.2) is 0 Å². The van der Waals surface area contributed by atoms with Crippen molar-refractivity contribution in [3.63, 3.8) is 0 Å². The fraction of sp³-hybridized carbons (Fsp3) is 1.00. The van der Waals surface area contributed by atoms with Crippen molar-refractivity contribution < 1.29 is 5.11 Å². The Hall–Kier alpha value is -0.120. The minimum absolute atomic E-state index is 0.204. The van der Waals surface area contributed by atoms with Gasteiger partial charge < -0.3 is 10.0 Å². The third-order valence-corrected chi connectivity index (χ3v) is 4.20. The molecular weight excluding hydrogens is 200 g/mol. The summed E-state index contributed by atoms with van der Waals surface area (Å²) in [5, 5.41) is 9.60. The average Bonchev–Trinajstić information content (AvgIpc) is 2.67. The van der Waals surface area contributed by atoms with E-state index in [4.69, 9.17) is 0 Å². The molecule has 0 amide bonds. The summed E-state index contributed by atoms with van der Waals surface area (Å²) in [7, 11) is 2.16. The van der Waals surface area contributed by atoms with Gasteiger partial charge >= 0.3 is 0 Å². The van der Waals surface area contributed by atoms with Crippen LogP contribution in [0.25, 0.3) is 0 Å². The van der Waals surface area contributed by atoms with Gasteiger partial charge in [-0.2, -0.15) is 0 Å². The summed E-state index contributed by atoms with van der Waals surface area (Å²) in [6.07, 6.45) is 5.38. The van der Waals surface area contributed by atoms with Crippen LogP contribution < -0.4 is 0 Å². The van der Waals surface area contributed by atoms with Crippen molar-refractivity contribution in [3.8, 4) is 0 Å². The molecule has 0 radical (unpaired) electrons. The highest BCUT2D eigenvalue weighted by Crippen LogP contribution is 2.34. The Morgan fingerprint density at radius 1 is 1.25 bits per heavy atom. The molecule has 16 heavy (non-hydrogen) atoms. The molecule has 2 rings (SSSR count). The van der Waals surface area contributed by atoms with E-state index in [1.807, 2.05) is 0 Å². The first-order valence-corrected chi connectivity index (χ1v) is 6.62. The van der Waals surface area contributed by atoms with Crippen molar-refractivity contribution >= 4 is 0 Å². The summed E-state index contributed by atoms with van der Waals surface area (Å²) in [6.45, 7) is 7.06. The maximum absolute atomic E-state index is 9.60. The first-order valence-electron chi connectivity index (χ1n) is 6.62. The number of piperazine rings is 1. The minimum atomic E-state index is 0.204. The fourth-order valence-corrected chi connectivity index (χ4v) is 3.87. The summed E-state index contributed by atoms with van der Waals surface area (Å²) in [6, 6.07) is 1.04. The van der Waals surface area contributed by atoms with Gasteiger partial charge in [-0.05, 0) is 33.7 Å². The molecule has 1 atom stereocenters. The zero-order chi connectivity index (χ0) is 11.8. The van der Waals surface area contributed by atoms with E-state index < -0.39 is 0 Å². The Bertz CT molecular complexity index is 236.